The van der Waals surface area contributed by atoms with Crippen LogP contribution in [0.15, 0.2) is 30.9 Å². The molecule has 0 bridgehead atoms. The van der Waals surface area contributed by atoms with Crippen LogP contribution in [-0.4, -0.2) is 27.9 Å². The maximum atomic E-state index is 12.0. The first-order valence-electron chi connectivity index (χ1n) is 7.48. The number of esters is 1. The van der Waals surface area contributed by atoms with Gasteiger partial charge in [0, 0.05) is 5.56 Å². The smallest absolute Gasteiger partial charge is 0.338 e. The molecule has 0 radical (unpaired) electrons. The van der Waals surface area contributed by atoms with Crippen LogP contribution >= 0.6 is 0 Å². The zero-order valence-electron chi connectivity index (χ0n) is 13.4. The molecule has 0 aromatic heterocycles. The Morgan fingerprint density at radius 1 is 1.54 bits per heavy atom. The lowest BCUT2D eigenvalue weighted by molar-refractivity contribution is 0.0547. The molecule has 2 rings (SSSR count). The third-order valence-electron chi connectivity index (χ3n) is 3.50. The third kappa shape index (κ3) is 5.13. The predicted molar refractivity (Wildman–Crippen MR) is 88.5 cm³/mol. The maximum absolute atomic E-state index is 12.0. The van der Waals surface area contributed by atoms with E-state index in [0.717, 1.165) is 12.8 Å². The van der Waals surface area contributed by atoms with Crippen LogP contribution in [0, 0.1) is 5.92 Å². The first-order valence-corrected chi connectivity index (χ1v) is 8.51. The molecule has 8 heteroatoms. The van der Waals surface area contributed by atoms with Crippen LogP contribution in [0.4, 0.5) is 0 Å². The van der Waals surface area contributed by atoms with Gasteiger partial charge in [-0.15, -0.1) is 0 Å². The fraction of sp³-hybridized carbons (Fsp3) is 0.438. The Labute approximate surface area is 143 Å². The van der Waals surface area contributed by atoms with Gasteiger partial charge >= 0.3 is 17.3 Å². The second-order valence-electron chi connectivity index (χ2n) is 5.76. The van der Waals surface area contributed by atoms with E-state index in [1.807, 2.05) is 0 Å². The second kappa shape index (κ2) is 7.89. The summed E-state index contributed by atoms with van der Waals surface area (Å²) in [6, 6.07) is 4.52. The molecule has 1 aliphatic carbocycles. The molecule has 1 fully saturated rings. The summed E-state index contributed by atoms with van der Waals surface area (Å²) in [5, 5.41) is 0. The highest BCUT2D eigenvalue weighted by molar-refractivity contribution is 7.74. The van der Waals surface area contributed by atoms with Crippen molar-refractivity contribution in [2.24, 2.45) is 11.7 Å². The fourth-order valence-electron chi connectivity index (χ4n) is 2.08. The first kappa shape index (κ1) is 18.6. The minimum absolute atomic E-state index is 0.0973. The highest BCUT2D eigenvalue weighted by Crippen LogP contribution is 2.34. The van der Waals surface area contributed by atoms with Crippen molar-refractivity contribution < 1.29 is 27.2 Å². The van der Waals surface area contributed by atoms with Crippen molar-refractivity contribution in [3.05, 3.63) is 42.0 Å². The average molecular weight is 355 g/mol. The van der Waals surface area contributed by atoms with E-state index in [2.05, 4.69) is 6.58 Å². The van der Waals surface area contributed by atoms with Gasteiger partial charge < -0.3 is 9.47 Å². The van der Waals surface area contributed by atoms with Gasteiger partial charge in [-0.1, -0.05) is 18.7 Å². The number of hydrogen-bond donors (Lipinski definition) is 2. The Kier molecular flexibility index (Phi) is 6.11. The molecule has 132 valence electrons. The summed E-state index contributed by atoms with van der Waals surface area (Å²) in [5.74, 6) is 0.277. The molecule has 1 saturated carbocycles. The van der Waals surface area contributed by atoms with E-state index in [-0.39, 0.29) is 12.2 Å². The molecule has 1 aromatic rings. The molecule has 0 heterocycles. The summed E-state index contributed by atoms with van der Waals surface area (Å²) in [7, 11) is 0. The van der Waals surface area contributed by atoms with E-state index in [1.54, 1.807) is 0 Å². The second-order valence-corrected chi connectivity index (χ2v) is 6.36. The Hall–Kier alpha value is -1.74. The van der Waals surface area contributed by atoms with Gasteiger partial charge in [0.25, 0.3) is 0 Å². The molecule has 24 heavy (non-hydrogen) atoms. The molecule has 1 aromatic carbocycles. The lowest BCUT2D eigenvalue weighted by Gasteiger charge is -2.25. The molecular weight excluding hydrogens is 334 g/mol. The van der Waals surface area contributed by atoms with E-state index in [1.165, 1.54) is 31.2 Å². The van der Waals surface area contributed by atoms with Crippen LogP contribution in [0.2, 0.25) is 0 Å². The number of carbonyl (C=O) groups excluding carboxylic acids is 1. The summed E-state index contributed by atoms with van der Waals surface area (Å²) < 4.78 is 35.5. The van der Waals surface area contributed by atoms with Crippen LogP contribution in [0.1, 0.15) is 35.7 Å². The number of rotatable bonds is 9. The predicted octanol–water partition coefficient (Wildman–Crippen LogP) is 2.10. The van der Waals surface area contributed by atoms with E-state index >= 15 is 0 Å². The minimum Gasteiger partial charge on any atom is -0.493 e. The molecule has 0 saturated heterocycles. The molecule has 0 spiro atoms. The number of hydrogen-bond acceptors (Lipinski definition) is 6. The first-order chi connectivity index (χ1) is 11.3. The van der Waals surface area contributed by atoms with Gasteiger partial charge in [-0.3, -0.25) is 10.3 Å². The normalized spacial score (nSPS) is 17.6. The fourth-order valence-corrected chi connectivity index (χ4v) is 2.47. The van der Waals surface area contributed by atoms with Crippen molar-refractivity contribution in [1.82, 2.24) is 0 Å². The van der Waals surface area contributed by atoms with E-state index < -0.39 is 23.1 Å². The Morgan fingerprint density at radius 2 is 2.25 bits per heavy atom. The molecule has 3 N–H and O–H groups in total. The van der Waals surface area contributed by atoms with E-state index in [4.69, 9.17) is 23.9 Å². The van der Waals surface area contributed by atoms with Gasteiger partial charge in [-0.05, 0) is 37.8 Å². The lowest BCUT2D eigenvalue weighted by atomic mass is 10.0. The largest absolute Gasteiger partial charge is 0.493 e. The van der Waals surface area contributed by atoms with Crippen LogP contribution in [-0.2, 0) is 26.0 Å². The van der Waals surface area contributed by atoms with Crippen molar-refractivity contribution in [2.75, 3.05) is 13.2 Å². The molecule has 2 unspecified atom stereocenters. The van der Waals surface area contributed by atoms with E-state index in [0.29, 0.717) is 23.8 Å². The zero-order valence-corrected chi connectivity index (χ0v) is 14.2. The SMILES string of the molecule is C=CCOC(=O)c1ccc(C(C)(N)OS(=O)O)c(OCC2CC2)c1. The molecule has 0 amide bonds. The number of carbonyl (C=O) groups is 1. The minimum atomic E-state index is -2.55. The van der Waals surface area contributed by atoms with Crippen LogP contribution < -0.4 is 10.5 Å². The van der Waals surface area contributed by atoms with Crippen molar-refractivity contribution in [1.29, 1.82) is 0 Å². The summed E-state index contributed by atoms with van der Waals surface area (Å²) >= 11 is -2.55. The van der Waals surface area contributed by atoms with Crippen LogP contribution in [0.25, 0.3) is 0 Å². The standard InChI is InChI=1S/C16H21NO6S/c1-3-8-21-15(18)12-6-7-13(16(2,17)23-24(19)20)14(9-12)22-10-11-4-5-11/h3,6-7,9,11H,1,4-5,8,10,17H2,2H3,(H,19,20). The highest BCUT2D eigenvalue weighted by atomic mass is 32.2. The quantitative estimate of drug-likeness (QED) is 0.302. The van der Waals surface area contributed by atoms with Gasteiger partial charge in [-0.25, -0.2) is 8.98 Å². The van der Waals surface area contributed by atoms with E-state index in [9.17, 15) is 9.00 Å². The average Bonchev–Trinajstić information content (AvgIpc) is 3.33. The summed E-state index contributed by atoms with van der Waals surface area (Å²) in [6.07, 6.45) is 3.65. The van der Waals surface area contributed by atoms with Crippen molar-refractivity contribution in [3.63, 3.8) is 0 Å². The Bertz CT molecular complexity index is 641. The topological polar surface area (TPSA) is 108 Å². The van der Waals surface area contributed by atoms with Crippen molar-refractivity contribution in [3.8, 4) is 5.75 Å². The number of ether oxygens (including phenoxy) is 2. The molecule has 0 aliphatic heterocycles. The molecule has 2 atom stereocenters. The molecule has 7 nitrogen and oxygen atoms in total. The van der Waals surface area contributed by atoms with Crippen molar-refractivity contribution >= 4 is 17.3 Å². The number of nitrogens with two attached hydrogens (primary N) is 1. The lowest BCUT2D eigenvalue weighted by Crippen LogP contribution is -2.37. The Morgan fingerprint density at radius 3 is 2.83 bits per heavy atom. The zero-order chi connectivity index (χ0) is 17.7. The monoisotopic (exact) mass is 355 g/mol. The molecular formula is C16H21NO6S. The van der Waals surface area contributed by atoms with Crippen LogP contribution in [0.5, 0.6) is 5.75 Å². The summed E-state index contributed by atoms with van der Waals surface area (Å²) in [5.41, 5.74) is 5.08. The highest BCUT2D eigenvalue weighted by Gasteiger charge is 2.31. The summed E-state index contributed by atoms with van der Waals surface area (Å²) in [4.78, 5) is 12.0. The van der Waals surface area contributed by atoms with Crippen LogP contribution in [0.3, 0.4) is 0 Å². The molecule has 1 aliphatic rings. The van der Waals surface area contributed by atoms with Gasteiger partial charge in [-0.2, -0.15) is 4.21 Å². The summed E-state index contributed by atoms with van der Waals surface area (Å²) in [6.45, 7) is 5.51. The maximum Gasteiger partial charge on any atom is 0.338 e. The number of benzene rings is 1. The van der Waals surface area contributed by atoms with Gasteiger partial charge in [0.1, 0.15) is 12.4 Å². The van der Waals surface area contributed by atoms with Gasteiger partial charge in [0.2, 0.25) is 0 Å². The Balaban J connectivity index is 2.28. The van der Waals surface area contributed by atoms with Crippen molar-refractivity contribution in [2.45, 2.75) is 25.5 Å². The van der Waals surface area contributed by atoms with Gasteiger partial charge in [0.05, 0.1) is 12.2 Å². The third-order valence-corrected chi connectivity index (χ3v) is 3.99. The van der Waals surface area contributed by atoms with Gasteiger partial charge in [0.15, 0.2) is 5.72 Å².